The second kappa shape index (κ2) is 12.0. The maximum atomic E-state index is 12.8. The van der Waals surface area contributed by atoms with Crippen LogP contribution in [0.25, 0.3) is 0 Å². The molecule has 1 atom stereocenters. The molecule has 0 aromatic heterocycles. The first-order valence-corrected chi connectivity index (χ1v) is 9.87. The van der Waals surface area contributed by atoms with Gasteiger partial charge in [0.1, 0.15) is 6.04 Å². The Labute approximate surface area is 182 Å². The first kappa shape index (κ1) is 25.3. The Balaban J connectivity index is 0.00000392. The minimum absolute atomic E-state index is 0. The lowest BCUT2D eigenvalue weighted by atomic mass is 9.89. The molecule has 28 heavy (non-hydrogen) atoms. The number of amides is 1. The van der Waals surface area contributed by atoms with E-state index < -0.39 is 12.2 Å². The fourth-order valence-corrected chi connectivity index (χ4v) is 3.73. The van der Waals surface area contributed by atoms with E-state index in [1.54, 1.807) is 7.05 Å². The predicted molar refractivity (Wildman–Crippen MR) is 115 cm³/mol. The minimum atomic E-state index is -4.20. The molecule has 2 rings (SSSR count). The van der Waals surface area contributed by atoms with Crippen molar-refractivity contribution in [1.82, 2.24) is 20.4 Å². The van der Waals surface area contributed by atoms with Gasteiger partial charge in [0, 0.05) is 52.2 Å². The van der Waals surface area contributed by atoms with Gasteiger partial charge in [-0.15, -0.1) is 24.0 Å². The van der Waals surface area contributed by atoms with E-state index in [2.05, 4.69) is 15.6 Å². The Bertz CT molecular complexity index is 504. The highest BCUT2D eigenvalue weighted by Gasteiger charge is 2.41. The minimum Gasteiger partial charge on any atom is -0.354 e. The Hall–Kier alpha value is -0.780. The molecule has 1 heterocycles. The van der Waals surface area contributed by atoms with Gasteiger partial charge in [-0.1, -0.05) is 19.3 Å². The van der Waals surface area contributed by atoms with Crippen LogP contribution in [-0.4, -0.2) is 80.2 Å². The van der Waals surface area contributed by atoms with E-state index in [1.807, 2.05) is 4.90 Å². The summed E-state index contributed by atoms with van der Waals surface area (Å²) in [5.74, 6) is 0.934. The Morgan fingerprint density at radius 2 is 1.64 bits per heavy atom. The van der Waals surface area contributed by atoms with Crippen LogP contribution in [0.4, 0.5) is 13.2 Å². The van der Waals surface area contributed by atoms with E-state index in [9.17, 15) is 18.0 Å². The van der Waals surface area contributed by atoms with Crippen molar-refractivity contribution in [1.29, 1.82) is 0 Å². The quantitative estimate of drug-likeness (QED) is 0.254. The zero-order chi connectivity index (χ0) is 19.9. The van der Waals surface area contributed by atoms with Crippen LogP contribution in [0.15, 0.2) is 4.99 Å². The molecule has 0 radical (unpaired) electrons. The molecular formula is C18H33F3IN5O. The Morgan fingerprint density at radius 3 is 2.18 bits per heavy atom. The van der Waals surface area contributed by atoms with E-state index in [-0.39, 0.29) is 35.8 Å². The molecule has 1 saturated heterocycles. The molecule has 1 unspecified atom stereocenters. The van der Waals surface area contributed by atoms with Gasteiger partial charge in [0.25, 0.3) is 0 Å². The van der Waals surface area contributed by atoms with Crippen LogP contribution < -0.4 is 10.6 Å². The summed E-state index contributed by atoms with van der Waals surface area (Å²) in [5.41, 5.74) is 0. The molecule has 0 aromatic rings. The van der Waals surface area contributed by atoms with E-state index in [0.29, 0.717) is 45.2 Å². The van der Waals surface area contributed by atoms with Gasteiger partial charge >= 0.3 is 6.18 Å². The van der Waals surface area contributed by atoms with Gasteiger partial charge in [-0.3, -0.25) is 14.7 Å². The van der Waals surface area contributed by atoms with Crippen LogP contribution in [0.5, 0.6) is 0 Å². The zero-order valence-electron chi connectivity index (χ0n) is 16.7. The number of carbonyl (C=O) groups is 1. The molecule has 2 fully saturated rings. The van der Waals surface area contributed by atoms with Gasteiger partial charge in [-0.2, -0.15) is 13.2 Å². The molecule has 0 bridgehead atoms. The maximum absolute atomic E-state index is 12.8. The third-order valence-corrected chi connectivity index (χ3v) is 5.53. The number of aliphatic imine (C=N–C) groups is 1. The van der Waals surface area contributed by atoms with E-state index in [0.717, 1.165) is 25.7 Å². The smallest absolute Gasteiger partial charge is 0.354 e. The molecule has 1 amide bonds. The first-order valence-electron chi connectivity index (χ1n) is 9.87. The third kappa shape index (κ3) is 7.57. The van der Waals surface area contributed by atoms with Gasteiger partial charge in [-0.05, 0) is 19.8 Å². The molecule has 2 aliphatic rings. The number of piperazine rings is 1. The lowest BCUT2D eigenvalue weighted by Crippen LogP contribution is -2.57. The van der Waals surface area contributed by atoms with Crippen molar-refractivity contribution in [3.63, 3.8) is 0 Å². The summed E-state index contributed by atoms with van der Waals surface area (Å²) in [7, 11) is 1.66. The molecule has 2 N–H and O–H groups in total. The fourth-order valence-electron chi connectivity index (χ4n) is 3.73. The first-order chi connectivity index (χ1) is 12.8. The van der Waals surface area contributed by atoms with Crippen molar-refractivity contribution in [3.05, 3.63) is 0 Å². The average Bonchev–Trinajstić information content (AvgIpc) is 2.67. The predicted octanol–water partition coefficient (Wildman–Crippen LogP) is 2.44. The number of guanidine groups is 1. The lowest BCUT2D eigenvalue weighted by Gasteiger charge is -2.39. The Morgan fingerprint density at radius 1 is 1.07 bits per heavy atom. The summed E-state index contributed by atoms with van der Waals surface area (Å²) in [6.45, 7) is 3.95. The molecular weight excluding hydrogens is 486 g/mol. The second-order valence-electron chi connectivity index (χ2n) is 7.34. The average molecular weight is 519 g/mol. The summed E-state index contributed by atoms with van der Waals surface area (Å²) >= 11 is 0. The summed E-state index contributed by atoms with van der Waals surface area (Å²) in [6.07, 6.45) is 1.22. The van der Waals surface area contributed by atoms with Crippen molar-refractivity contribution in [2.45, 2.75) is 51.2 Å². The number of alkyl halides is 3. The maximum Gasteiger partial charge on any atom is 0.403 e. The lowest BCUT2D eigenvalue weighted by molar-refractivity contribution is -0.181. The molecule has 10 heteroatoms. The zero-order valence-corrected chi connectivity index (χ0v) is 19.1. The van der Waals surface area contributed by atoms with Crippen LogP contribution in [0.2, 0.25) is 0 Å². The van der Waals surface area contributed by atoms with Crippen molar-refractivity contribution < 1.29 is 18.0 Å². The molecule has 0 aromatic carbocycles. The van der Waals surface area contributed by atoms with Crippen molar-refractivity contribution in [2.24, 2.45) is 10.9 Å². The standard InChI is InChI=1S/C18H32F3N5O.HI/c1-14(18(19,20)21)25-10-12-26(13-11-25)17(22-2)24-9-8-23-16(27)15-6-4-3-5-7-15;/h14-15H,3-13H2,1-2H3,(H,22,24)(H,23,27);1H. The summed E-state index contributed by atoms with van der Waals surface area (Å²) < 4.78 is 38.5. The molecule has 0 spiro atoms. The van der Waals surface area contributed by atoms with Crippen LogP contribution in [0.1, 0.15) is 39.0 Å². The number of carbonyl (C=O) groups excluding carboxylic acids is 1. The van der Waals surface area contributed by atoms with E-state index >= 15 is 0 Å². The molecule has 1 aliphatic carbocycles. The topological polar surface area (TPSA) is 60.0 Å². The van der Waals surface area contributed by atoms with Gasteiger partial charge in [0.2, 0.25) is 5.91 Å². The summed E-state index contributed by atoms with van der Waals surface area (Å²) in [4.78, 5) is 19.7. The number of hydrogen-bond donors (Lipinski definition) is 2. The number of nitrogens with one attached hydrogen (secondary N) is 2. The van der Waals surface area contributed by atoms with E-state index in [4.69, 9.17) is 0 Å². The molecule has 1 aliphatic heterocycles. The van der Waals surface area contributed by atoms with Gasteiger partial charge in [0.15, 0.2) is 5.96 Å². The number of nitrogens with zero attached hydrogens (tertiary/aromatic N) is 3. The highest BCUT2D eigenvalue weighted by molar-refractivity contribution is 14.0. The van der Waals surface area contributed by atoms with Crippen molar-refractivity contribution in [3.8, 4) is 0 Å². The van der Waals surface area contributed by atoms with Gasteiger partial charge in [-0.25, -0.2) is 0 Å². The SMILES string of the molecule is CN=C(NCCNC(=O)C1CCCCC1)N1CCN(C(C)C(F)(F)F)CC1.I. The van der Waals surface area contributed by atoms with Gasteiger partial charge in [0.05, 0.1) is 0 Å². The van der Waals surface area contributed by atoms with Crippen LogP contribution in [-0.2, 0) is 4.79 Å². The fraction of sp³-hybridized carbons (Fsp3) is 0.889. The normalized spacial score (nSPS) is 21.0. The molecule has 6 nitrogen and oxygen atoms in total. The number of halogens is 4. The summed E-state index contributed by atoms with van der Waals surface area (Å²) in [5, 5.41) is 6.16. The highest BCUT2D eigenvalue weighted by Crippen LogP contribution is 2.25. The second-order valence-corrected chi connectivity index (χ2v) is 7.34. The highest BCUT2D eigenvalue weighted by atomic mass is 127. The van der Waals surface area contributed by atoms with E-state index in [1.165, 1.54) is 18.2 Å². The summed E-state index contributed by atoms with van der Waals surface area (Å²) in [6, 6.07) is -1.43. The van der Waals surface area contributed by atoms with Crippen molar-refractivity contribution >= 4 is 35.8 Å². The largest absolute Gasteiger partial charge is 0.403 e. The van der Waals surface area contributed by atoms with Crippen LogP contribution in [0, 0.1) is 5.92 Å². The number of rotatable bonds is 5. The monoisotopic (exact) mass is 519 g/mol. The van der Waals surface area contributed by atoms with Crippen LogP contribution in [0.3, 0.4) is 0 Å². The third-order valence-electron chi connectivity index (χ3n) is 5.53. The van der Waals surface area contributed by atoms with Crippen molar-refractivity contribution in [2.75, 3.05) is 46.3 Å². The van der Waals surface area contributed by atoms with Gasteiger partial charge < -0.3 is 15.5 Å². The van der Waals surface area contributed by atoms with Crippen LogP contribution >= 0.6 is 24.0 Å². The molecule has 1 saturated carbocycles. The Kier molecular flexibility index (Phi) is 10.9. The molecule has 164 valence electrons. The number of hydrogen-bond acceptors (Lipinski definition) is 3.